The van der Waals surface area contributed by atoms with Crippen molar-refractivity contribution in [2.45, 2.75) is 60.8 Å². The van der Waals surface area contributed by atoms with Gasteiger partial charge in [0.25, 0.3) is 0 Å². The van der Waals surface area contributed by atoms with Gasteiger partial charge in [0.05, 0.1) is 16.5 Å². The third-order valence-electron chi connectivity index (χ3n) is 6.40. The summed E-state index contributed by atoms with van der Waals surface area (Å²) in [5, 5.41) is 0. The lowest BCUT2D eigenvalue weighted by atomic mass is 9.93. The number of esters is 1. The Morgan fingerprint density at radius 2 is 1.34 bits per heavy atom. The summed E-state index contributed by atoms with van der Waals surface area (Å²) < 4.78 is 6.00. The molecule has 0 saturated carbocycles. The topological polar surface area (TPSA) is 26.3 Å². The first-order valence-corrected chi connectivity index (χ1v) is 12.5. The molecule has 0 N–H and O–H groups in total. The van der Waals surface area contributed by atoms with Crippen molar-refractivity contribution in [3.8, 4) is 0 Å². The highest BCUT2D eigenvalue weighted by Gasteiger charge is 2.34. The van der Waals surface area contributed by atoms with Crippen LogP contribution in [0.3, 0.4) is 0 Å². The van der Waals surface area contributed by atoms with Gasteiger partial charge in [0.1, 0.15) is 5.60 Å². The largest absolute Gasteiger partial charge is 0.452 e. The lowest BCUT2D eigenvalue weighted by Gasteiger charge is -2.28. The highest BCUT2D eigenvalue weighted by molar-refractivity contribution is 7.97. The van der Waals surface area contributed by atoms with E-state index in [-0.39, 0.29) is 16.9 Å². The molecular formula is C29H31O2S+. The number of hydrogen-bond donors (Lipinski definition) is 0. The maximum Gasteiger partial charge on any atom is 0.338 e. The smallest absolute Gasteiger partial charge is 0.338 e. The van der Waals surface area contributed by atoms with Gasteiger partial charge in [-0.05, 0) is 93.6 Å². The van der Waals surface area contributed by atoms with Crippen LogP contribution in [-0.4, -0.2) is 11.6 Å². The van der Waals surface area contributed by atoms with Crippen molar-refractivity contribution in [2.24, 2.45) is 5.92 Å². The molecule has 3 aromatic rings. The zero-order valence-electron chi connectivity index (χ0n) is 19.3. The molecule has 1 atom stereocenters. The Labute approximate surface area is 194 Å². The second kappa shape index (κ2) is 9.38. The SMILES string of the molecule is CC1=C(C(C)(C)OC(=O)c2ccc([S+](c3ccccc3)c3ccccc3)cc2)CCC1C. The molecule has 1 aliphatic rings. The fourth-order valence-corrected chi connectivity index (χ4v) is 6.53. The minimum absolute atomic E-state index is 0.225. The average Bonchev–Trinajstić information content (AvgIpc) is 3.15. The Morgan fingerprint density at radius 1 is 0.844 bits per heavy atom. The molecule has 3 heteroatoms. The maximum atomic E-state index is 13.0. The van der Waals surface area contributed by atoms with Crippen LogP contribution in [0.1, 0.15) is 50.9 Å². The minimum Gasteiger partial charge on any atom is -0.452 e. The van der Waals surface area contributed by atoms with Crippen LogP contribution in [0.2, 0.25) is 0 Å². The number of carbonyl (C=O) groups is 1. The predicted molar refractivity (Wildman–Crippen MR) is 132 cm³/mol. The first kappa shape index (κ1) is 22.4. The second-order valence-corrected chi connectivity index (χ2v) is 11.0. The Hall–Kier alpha value is -2.78. The third kappa shape index (κ3) is 4.68. The number of allylic oxidation sites excluding steroid dienone is 1. The van der Waals surface area contributed by atoms with E-state index in [2.05, 4.69) is 74.5 Å². The molecule has 0 bridgehead atoms. The van der Waals surface area contributed by atoms with E-state index in [0.717, 1.165) is 12.8 Å². The number of rotatable bonds is 6. The van der Waals surface area contributed by atoms with E-state index in [0.29, 0.717) is 11.5 Å². The summed E-state index contributed by atoms with van der Waals surface area (Å²) in [5.41, 5.74) is 2.65. The van der Waals surface area contributed by atoms with Crippen LogP contribution in [0.25, 0.3) is 0 Å². The first-order chi connectivity index (χ1) is 15.4. The van der Waals surface area contributed by atoms with Gasteiger partial charge in [0.2, 0.25) is 0 Å². The van der Waals surface area contributed by atoms with Crippen LogP contribution in [0.4, 0.5) is 0 Å². The van der Waals surface area contributed by atoms with Gasteiger partial charge in [-0.15, -0.1) is 0 Å². The average molecular weight is 444 g/mol. The fourth-order valence-electron chi connectivity index (χ4n) is 4.45. The molecule has 0 heterocycles. The number of hydrogen-bond acceptors (Lipinski definition) is 2. The van der Waals surface area contributed by atoms with Gasteiger partial charge >= 0.3 is 5.97 Å². The van der Waals surface area contributed by atoms with Gasteiger partial charge in [0.15, 0.2) is 14.7 Å². The van der Waals surface area contributed by atoms with Crippen LogP contribution in [0.15, 0.2) is 111 Å². The maximum absolute atomic E-state index is 13.0. The molecule has 0 aliphatic heterocycles. The quantitative estimate of drug-likeness (QED) is 0.224. The molecule has 164 valence electrons. The third-order valence-corrected chi connectivity index (χ3v) is 8.63. The summed E-state index contributed by atoms with van der Waals surface area (Å²) in [4.78, 5) is 16.7. The number of ether oxygens (including phenoxy) is 1. The molecular weight excluding hydrogens is 412 g/mol. The summed E-state index contributed by atoms with van der Waals surface area (Å²) in [5.74, 6) is 0.303. The molecule has 2 nitrogen and oxygen atoms in total. The van der Waals surface area contributed by atoms with Crippen LogP contribution >= 0.6 is 0 Å². The van der Waals surface area contributed by atoms with Crippen LogP contribution in [0, 0.1) is 5.92 Å². The van der Waals surface area contributed by atoms with Crippen molar-refractivity contribution >= 4 is 16.9 Å². The molecule has 1 unspecified atom stereocenters. The van der Waals surface area contributed by atoms with E-state index >= 15 is 0 Å². The van der Waals surface area contributed by atoms with E-state index in [1.165, 1.54) is 25.8 Å². The summed E-state index contributed by atoms with van der Waals surface area (Å²) >= 11 is 0. The first-order valence-electron chi connectivity index (χ1n) is 11.2. The van der Waals surface area contributed by atoms with E-state index in [9.17, 15) is 4.79 Å². The van der Waals surface area contributed by atoms with Crippen LogP contribution in [0.5, 0.6) is 0 Å². The van der Waals surface area contributed by atoms with Gasteiger partial charge in [-0.25, -0.2) is 4.79 Å². The van der Waals surface area contributed by atoms with Crippen LogP contribution in [-0.2, 0) is 15.6 Å². The minimum atomic E-state index is -0.580. The van der Waals surface area contributed by atoms with Gasteiger partial charge in [0, 0.05) is 0 Å². The van der Waals surface area contributed by atoms with E-state index in [4.69, 9.17) is 4.74 Å². The summed E-state index contributed by atoms with van der Waals surface area (Å²) in [6.07, 6.45) is 2.14. The molecule has 0 aromatic heterocycles. The van der Waals surface area contributed by atoms with Crippen molar-refractivity contribution in [1.82, 2.24) is 0 Å². The normalized spacial score (nSPS) is 16.5. The summed E-state index contributed by atoms with van der Waals surface area (Å²) in [7, 11) is -0.225. The number of carbonyl (C=O) groups excluding carboxylic acids is 1. The molecule has 0 amide bonds. The fraction of sp³-hybridized carbons (Fsp3) is 0.276. The molecule has 0 fully saturated rings. The molecule has 0 radical (unpaired) electrons. The molecule has 3 aromatic carbocycles. The highest BCUT2D eigenvalue weighted by Crippen LogP contribution is 2.39. The Balaban J connectivity index is 1.58. The molecule has 0 spiro atoms. The van der Waals surface area contributed by atoms with Crippen LogP contribution < -0.4 is 0 Å². The molecule has 1 aliphatic carbocycles. The zero-order valence-corrected chi connectivity index (χ0v) is 20.1. The van der Waals surface area contributed by atoms with Gasteiger partial charge in [-0.2, -0.15) is 0 Å². The zero-order chi connectivity index (χ0) is 22.7. The van der Waals surface area contributed by atoms with E-state index in [1.54, 1.807) is 0 Å². The Kier molecular flexibility index (Phi) is 6.57. The summed E-state index contributed by atoms with van der Waals surface area (Å²) in [6.45, 7) is 8.44. The molecule has 4 rings (SSSR count). The molecule has 32 heavy (non-hydrogen) atoms. The standard InChI is InChI=1S/C29H31O2S/c1-21-15-20-27(22(21)2)29(3,4)31-28(30)23-16-18-26(19-17-23)32(24-11-7-5-8-12-24)25-13-9-6-10-14-25/h5-14,16-19,21H,15,20H2,1-4H3/q+1. The highest BCUT2D eigenvalue weighted by atomic mass is 32.2. The molecule has 0 saturated heterocycles. The van der Waals surface area contributed by atoms with Gasteiger partial charge in [-0.1, -0.05) is 48.9 Å². The summed E-state index contributed by atoms with van der Waals surface area (Å²) in [6, 6.07) is 29.0. The van der Waals surface area contributed by atoms with Crippen molar-refractivity contribution in [3.63, 3.8) is 0 Å². The lowest BCUT2D eigenvalue weighted by molar-refractivity contribution is 0.0124. The van der Waals surface area contributed by atoms with Gasteiger partial charge in [-0.3, -0.25) is 0 Å². The van der Waals surface area contributed by atoms with E-state index in [1.807, 2.05) is 38.1 Å². The monoisotopic (exact) mass is 443 g/mol. The predicted octanol–water partition coefficient (Wildman–Crippen LogP) is 7.46. The second-order valence-electron chi connectivity index (χ2n) is 8.96. The Bertz CT molecular complexity index is 1060. The lowest BCUT2D eigenvalue weighted by Crippen LogP contribution is -2.30. The Morgan fingerprint density at radius 3 is 1.81 bits per heavy atom. The number of benzene rings is 3. The van der Waals surface area contributed by atoms with Gasteiger partial charge < -0.3 is 4.74 Å². The van der Waals surface area contributed by atoms with Crippen molar-refractivity contribution < 1.29 is 9.53 Å². The van der Waals surface area contributed by atoms with Crippen molar-refractivity contribution in [2.75, 3.05) is 0 Å². The van der Waals surface area contributed by atoms with Crippen molar-refractivity contribution in [3.05, 3.63) is 102 Å². The van der Waals surface area contributed by atoms with E-state index < -0.39 is 5.60 Å². The van der Waals surface area contributed by atoms with Crippen molar-refractivity contribution in [1.29, 1.82) is 0 Å².